The number of nitrogens with zero attached hydrogens (tertiary/aromatic N) is 3. The smallest absolute Gasteiger partial charge is 0.229 e. The summed E-state index contributed by atoms with van der Waals surface area (Å²) < 4.78 is 13.5. The molecule has 2 aliphatic rings. The van der Waals surface area contributed by atoms with Crippen LogP contribution in [0.2, 0.25) is 0 Å². The quantitative estimate of drug-likeness (QED) is 0.686. The predicted molar refractivity (Wildman–Crippen MR) is 121 cm³/mol. The summed E-state index contributed by atoms with van der Waals surface area (Å²) in [5.41, 5.74) is 1.68. The zero-order valence-electron chi connectivity index (χ0n) is 18.8. The summed E-state index contributed by atoms with van der Waals surface area (Å²) >= 11 is 0. The molecule has 2 saturated heterocycles. The van der Waals surface area contributed by atoms with Crippen molar-refractivity contribution in [1.82, 2.24) is 14.8 Å². The molecule has 0 saturated carbocycles. The number of aryl methyl sites for hydroxylation is 1. The number of hydrogen-bond donors (Lipinski definition) is 0. The molecular formula is C26H32FN3O2. The second-order valence-corrected chi connectivity index (χ2v) is 9.28. The van der Waals surface area contributed by atoms with Gasteiger partial charge in [0, 0.05) is 45.0 Å². The molecule has 1 aromatic carbocycles. The maximum atomic E-state index is 14.0. The fraction of sp³-hybridized carbons (Fsp3) is 0.500. The van der Waals surface area contributed by atoms with E-state index in [0.29, 0.717) is 32.4 Å². The lowest BCUT2D eigenvalue weighted by Gasteiger charge is -2.43. The molecule has 170 valence electrons. The molecule has 2 aromatic rings. The third-order valence-corrected chi connectivity index (χ3v) is 7.23. The first-order valence-corrected chi connectivity index (χ1v) is 11.7. The number of piperidine rings is 1. The molecule has 0 bridgehead atoms. The molecule has 4 rings (SSSR count). The van der Waals surface area contributed by atoms with Gasteiger partial charge in [-0.25, -0.2) is 4.39 Å². The van der Waals surface area contributed by atoms with Gasteiger partial charge in [-0.2, -0.15) is 0 Å². The standard InChI is InChI=1S/C26H32FN3O2/c1-20(31)29-17-12-26(13-18-29,19-22-4-7-23(27)8-5-22)25(32)30-16-2-3-24(30)9-6-21-10-14-28-15-11-21/h4-5,7-8,10-11,14-15,24H,2-3,6,9,12-13,16-19H2,1H3. The number of halogens is 1. The van der Waals surface area contributed by atoms with Gasteiger partial charge in [-0.05, 0) is 80.3 Å². The molecule has 1 unspecified atom stereocenters. The first kappa shape index (κ1) is 22.4. The van der Waals surface area contributed by atoms with Gasteiger partial charge in [0.1, 0.15) is 5.82 Å². The van der Waals surface area contributed by atoms with Crippen LogP contribution in [0.5, 0.6) is 0 Å². The number of pyridine rings is 1. The van der Waals surface area contributed by atoms with Crippen molar-refractivity contribution in [3.63, 3.8) is 0 Å². The minimum Gasteiger partial charge on any atom is -0.343 e. The van der Waals surface area contributed by atoms with Crippen molar-refractivity contribution in [3.8, 4) is 0 Å². The third-order valence-electron chi connectivity index (χ3n) is 7.23. The highest BCUT2D eigenvalue weighted by molar-refractivity contribution is 5.84. The largest absolute Gasteiger partial charge is 0.343 e. The van der Waals surface area contributed by atoms with Crippen molar-refractivity contribution in [2.75, 3.05) is 19.6 Å². The molecule has 2 fully saturated rings. The van der Waals surface area contributed by atoms with E-state index in [0.717, 1.165) is 37.8 Å². The van der Waals surface area contributed by atoms with E-state index in [4.69, 9.17) is 0 Å². The maximum absolute atomic E-state index is 14.0. The Morgan fingerprint density at radius 2 is 1.72 bits per heavy atom. The Labute approximate surface area is 189 Å². The molecule has 3 heterocycles. The molecule has 0 radical (unpaired) electrons. The maximum Gasteiger partial charge on any atom is 0.229 e. The molecule has 5 nitrogen and oxygen atoms in total. The van der Waals surface area contributed by atoms with Crippen molar-refractivity contribution < 1.29 is 14.0 Å². The van der Waals surface area contributed by atoms with Crippen molar-refractivity contribution in [3.05, 3.63) is 65.7 Å². The van der Waals surface area contributed by atoms with E-state index in [2.05, 4.69) is 9.88 Å². The van der Waals surface area contributed by atoms with Gasteiger partial charge in [-0.3, -0.25) is 14.6 Å². The van der Waals surface area contributed by atoms with Gasteiger partial charge in [-0.15, -0.1) is 0 Å². The SMILES string of the molecule is CC(=O)N1CCC(Cc2ccc(F)cc2)(C(=O)N2CCCC2CCc2ccncc2)CC1. The third kappa shape index (κ3) is 5.00. The van der Waals surface area contributed by atoms with Crippen LogP contribution in [0.15, 0.2) is 48.8 Å². The van der Waals surface area contributed by atoms with Crippen LogP contribution in [0, 0.1) is 11.2 Å². The summed E-state index contributed by atoms with van der Waals surface area (Å²) in [5, 5.41) is 0. The summed E-state index contributed by atoms with van der Waals surface area (Å²) in [4.78, 5) is 33.9. The minimum atomic E-state index is -0.539. The zero-order chi connectivity index (χ0) is 22.6. The fourth-order valence-electron chi connectivity index (χ4n) is 5.30. The number of aromatic nitrogens is 1. The van der Waals surface area contributed by atoms with E-state index >= 15 is 0 Å². The van der Waals surface area contributed by atoms with Gasteiger partial charge in [0.25, 0.3) is 0 Å². The van der Waals surface area contributed by atoms with E-state index in [9.17, 15) is 14.0 Å². The second-order valence-electron chi connectivity index (χ2n) is 9.28. The lowest BCUT2D eigenvalue weighted by atomic mass is 9.72. The summed E-state index contributed by atoms with van der Waals surface area (Å²) in [7, 11) is 0. The molecule has 0 aliphatic carbocycles. The molecule has 6 heteroatoms. The van der Waals surface area contributed by atoms with Crippen molar-refractivity contribution in [2.24, 2.45) is 5.41 Å². The molecule has 2 amide bonds. The van der Waals surface area contributed by atoms with Gasteiger partial charge in [0.15, 0.2) is 0 Å². The Balaban J connectivity index is 1.52. The van der Waals surface area contributed by atoms with Crippen LogP contribution in [0.3, 0.4) is 0 Å². The van der Waals surface area contributed by atoms with Crippen LogP contribution < -0.4 is 0 Å². The first-order chi connectivity index (χ1) is 15.5. The Kier molecular flexibility index (Phi) is 6.87. The second kappa shape index (κ2) is 9.80. The van der Waals surface area contributed by atoms with Crippen LogP contribution in [0.1, 0.15) is 50.2 Å². The van der Waals surface area contributed by atoms with Crippen LogP contribution >= 0.6 is 0 Å². The highest BCUT2D eigenvalue weighted by Crippen LogP contribution is 2.39. The number of amides is 2. The fourth-order valence-corrected chi connectivity index (χ4v) is 5.30. The van der Waals surface area contributed by atoms with Crippen LogP contribution in [-0.4, -0.2) is 52.3 Å². The van der Waals surface area contributed by atoms with Crippen molar-refractivity contribution in [1.29, 1.82) is 0 Å². The minimum absolute atomic E-state index is 0.0595. The zero-order valence-corrected chi connectivity index (χ0v) is 18.8. The van der Waals surface area contributed by atoms with Gasteiger partial charge in [0.05, 0.1) is 5.41 Å². The lowest BCUT2D eigenvalue weighted by Crippen LogP contribution is -2.53. The molecular weight excluding hydrogens is 405 g/mol. The van der Waals surface area contributed by atoms with Gasteiger partial charge in [-0.1, -0.05) is 12.1 Å². The average Bonchev–Trinajstić information content (AvgIpc) is 3.28. The molecule has 0 N–H and O–H groups in total. The Hall–Kier alpha value is -2.76. The van der Waals surface area contributed by atoms with E-state index in [-0.39, 0.29) is 23.7 Å². The van der Waals surface area contributed by atoms with E-state index < -0.39 is 5.41 Å². The Bertz CT molecular complexity index is 924. The molecule has 1 aromatic heterocycles. The summed E-state index contributed by atoms with van der Waals surface area (Å²) in [6, 6.07) is 10.8. The lowest BCUT2D eigenvalue weighted by molar-refractivity contribution is -0.148. The monoisotopic (exact) mass is 437 g/mol. The molecule has 32 heavy (non-hydrogen) atoms. The number of likely N-dealkylation sites (tertiary alicyclic amines) is 2. The van der Waals surface area contributed by atoms with Crippen molar-refractivity contribution in [2.45, 2.75) is 57.9 Å². The Morgan fingerprint density at radius 3 is 2.38 bits per heavy atom. The Morgan fingerprint density at radius 1 is 1.03 bits per heavy atom. The van der Waals surface area contributed by atoms with Crippen LogP contribution in [0.25, 0.3) is 0 Å². The number of hydrogen-bond acceptors (Lipinski definition) is 3. The average molecular weight is 438 g/mol. The first-order valence-electron chi connectivity index (χ1n) is 11.7. The van der Waals surface area contributed by atoms with E-state index in [1.807, 2.05) is 29.4 Å². The number of carbonyl (C=O) groups excluding carboxylic acids is 2. The van der Waals surface area contributed by atoms with E-state index in [1.54, 1.807) is 19.1 Å². The van der Waals surface area contributed by atoms with Gasteiger partial charge < -0.3 is 9.80 Å². The molecule has 2 aliphatic heterocycles. The van der Waals surface area contributed by atoms with Gasteiger partial charge >= 0.3 is 0 Å². The predicted octanol–water partition coefficient (Wildman–Crippen LogP) is 4.02. The summed E-state index contributed by atoms with van der Waals surface area (Å²) in [6.45, 7) is 3.57. The molecule has 0 spiro atoms. The summed E-state index contributed by atoms with van der Waals surface area (Å²) in [5.74, 6) is 0.00253. The van der Waals surface area contributed by atoms with Crippen molar-refractivity contribution >= 4 is 11.8 Å². The van der Waals surface area contributed by atoms with E-state index in [1.165, 1.54) is 17.7 Å². The topological polar surface area (TPSA) is 53.5 Å². The highest BCUT2D eigenvalue weighted by Gasteiger charge is 2.46. The highest BCUT2D eigenvalue weighted by atomic mass is 19.1. The van der Waals surface area contributed by atoms with Crippen LogP contribution in [-0.2, 0) is 22.4 Å². The normalized spacial score (nSPS) is 20.4. The number of rotatable bonds is 6. The summed E-state index contributed by atoms with van der Waals surface area (Å²) in [6.07, 6.45) is 9.45. The number of carbonyl (C=O) groups is 2. The van der Waals surface area contributed by atoms with Crippen LogP contribution in [0.4, 0.5) is 4.39 Å². The van der Waals surface area contributed by atoms with Gasteiger partial charge in [0.2, 0.25) is 11.8 Å². The number of benzene rings is 1. The molecule has 1 atom stereocenters.